The first kappa shape index (κ1) is 13.8. The third-order valence-electron chi connectivity index (χ3n) is 3.59. The second-order valence-electron chi connectivity index (χ2n) is 4.76. The average molecular weight is 314 g/mol. The molecule has 3 nitrogen and oxygen atoms in total. The molecule has 1 atom stereocenters. The van der Waals surface area contributed by atoms with Crippen LogP contribution in [-0.4, -0.2) is 36.3 Å². The van der Waals surface area contributed by atoms with E-state index in [1.54, 1.807) is 7.11 Å². The van der Waals surface area contributed by atoms with Crippen molar-refractivity contribution in [1.82, 2.24) is 4.90 Å². The van der Waals surface area contributed by atoms with Crippen molar-refractivity contribution in [2.45, 2.75) is 31.8 Å². The summed E-state index contributed by atoms with van der Waals surface area (Å²) in [6.45, 7) is 2.18. The summed E-state index contributed by atoms with van der Waals surface area (Å²) < 4.78 is 6.37. The molecule has 0 amide bonds. The molecule has 100 valence electrons. The van der Waals surface area contributed by atoms with Crippen LogP contribution in [0.15, 0.2) is 22.7 Å². The van der Waals surface area contributed by atoms with E-state index in [9.17, 15) is 5.11 Å². The first-order valence-corrected chi connectivity index (χ1v) is 7.21. The minimum atomic E-state index is 0.252. The number of methoxy groups -OCH3 is 1. The van der Waals surface area contributed by atoms with Crippen molar-refractivity contribution < 1.29 is 9.84 Å². The Labute approximate surface area is 117 Å². The van der Waals surface area contributed by atoms with Crippen molar-refractivity contribution in [3.05, 3.63) is 28.2 Å². The van der Waals surface area contributed by atoms with Crippen LogP contribution in [0, 0.1) is 0 Å². The van der Waals surface area contributed by atoms with Crippen LogP contribution in [0.4, 0.5) is 0 Å². The number of ether oxygens (including phenoxy) is 1. The monoisotopic (exact) mass is 313 g/mol. The molecule has 0 aromatic heterocycles. The molecule has 0 saturated carbocycles. The Morgan fingerprint density at radius 2 is 2.28 bits per heavy atom. The maximum atomic E-state index is 9.43. The number of halogens is 1. The summed E-state index contributed by atoms with van der Waals surface area (Å²) in [5.74, 6) is 0.880. The van der Waals surface area contributed by atoms with Gasteiger partial charge in [-0.1, -0.05) is 22.4 Å². The van der Waals surface area contributed by atoms with Gasteiger partial charge in [-0.25, -0.2) is 0 Å². The van der Waals surface area contributed by atoms with Crippen LogP contribution in [0.2, 0.25) is 0 Å². The fourth-order valence-electron chi connectivity index (χ4n) is 2.49. The maximum Gasteiger partial charge on any atom is 0.119 e. The lowest BCUT2D eigenvalue weighted by Gasteiger charge is -2.34. The van der Waals surface area contributed by atoms with E-state index in [4.69, 9.17) is 4.74 Å². The summed E-state index contributed by atoms with van der Waals surface area (Å²) in [4.78, 5) is 2.36. The lowest BCUT2D eigenvalue weighted by molar-refractivity contribution is 0.0839. The molecule has 4 heteroatoms. The van der Waals surface area contributed by atoms with Gasteiger partial charge < -0.3 is 9.84 Å². The number of aliphatic hydroxyl groups excluding tert-OH is 1. The Kier molecular flexibility index (Phi) is 5.03. The topological polar surface area (TPSA) is 32.7 Å². The van der Waals surface area contributed by atoms with Crippen molar-refractivity contribution in [3.8, 4) is 5.75 Å². The summed E-state index contributed by atoms with van der Waals surface area (Å²) in [6, 6.07) is 6.34. The number of aliphatic hydroxyl groups is 1. The molecule has 1 N–H and O–H groups in total. The number of hydrogen-bond donors (Lipinski definition) is 1. The van der Waals surface area contributed by atoms with Gasteiger partial charge in [-0.05, 0) is 43.1 Å². The molecule has 0 spiro atoms. The van der Waals surface area contributed by atoms with Crippen LogP contribution >= 0.6 is 15.9 Å². The first-order valence-electron chi connectivity index (χ1n) is 6.42. The number of likely N-dealkylation sites (tertiary alicyclic amines) is 1. The number of piperidine rings is 1. The van der Waals surface area contributed by atoms with Gasteiger partial charge in [0.1, 0.15) is 5.75 Å². The summed E-state index contributed by atoms with van der Waals surface area (Å²) >= 11 is 3.58. The second kappa shape index (κ2) is 6.55. The second-order valence-corrected chi connectivity index (χ2v) is 5.61. The van der Waals surface area contributed by atoms with Gasteiger partial charge in [0, 0.05) is 17.1 Å². The number of nitrogens with zero attached hydrogens (tertiary/aromatic N) is 1. The molecule has 1 saturated heterocycles. The fourth-order valence-corrected chi connectivity index (χ4v) is 2.86. The van der Waals surface area contributed by atoms with Gasteiger partial charge in [0.05, 0.1) is 13.7 Å². The van der Waals surface area contributed by atoms with Crippen molar-refractivity contribution in [3.63, 3.8) is 0 Å². The highest BCUT2D eigenvalue weighted by atomic mass is 79.9. The van der Waals surface area contributed by atoms with Gasteiger partial charge >= 0.3 is 0 Å². The van der Waals surface area contributed by atoms with Crippen LogP contribution in [0.3, 0.4) is 0 Å². The highest BCUT2D eigenvalue weighted by Gasteiger charge is 2.22. The highest BCUT2D eigenvalue weighted by molar-refractivity contribution is 9.10. The van der Waals surface area contributed by atoms with E-state index in [2.05, 4.69) is 26.9 Å². The van der Waals surface area contributed by atoms with Crippen molar-refractivity contribution in [1.29, 1.82) is 0 Å². The molecule has 1 aliphatic rings. The molecule has 1 aromatic rings. The maximum absolute atomic E-state index is 9.43. The zero-order valence-corrected chi connectivity index (χ0v) is 12.3. The molecular weight excluding hydrogens is 294 g/mol. The van der Waals surface area contributed by atoms with Gasteiger partial charge in [0.25, 0.3) is 0 Å². The average Bonchev–Trinajstić information content (AvgIpc) is 2.42. The van der Waals surface area contributed by atoms with Crippen LogP contribution in [0.5, 0.6) is 5.75 Å². The lowest BCUT2D eigenvalue weighted by atomic mass is 10.0. The SMILES string of the molecule is COc1ccc(Br)c(CN2CCCCC2CO)c1. The van der Waals surface area contributed by atoms with Crippen LogP contribution in [0.1, 0.15) is 24.8 Å². The van der Waals surface area contributed by atoms with Gasteiger partial charge in [-0.3, -0.25) is 4.90 Å². The van der Waals surface area contributed by atoms with E-state index >= 15 is 0 Å². The molecule has 1 aromatic carbocycles. The van der Waals surface area contributed by atoms with E-state index in [0.717, 1.165) is 29.7 Å². The molecule has 0 bridgehead atoms. The van der Waals surface area contributed by atoms with Gasteiger partial charge in [0.15, 0.2) is 0 Å². The van der Waals surface area contributed by atoms with E-state index in [-0.39, 0.29) is 6.61 Å². The quantitative estimate of drug-likeness (QED) is 0.927. The van der Waals surface area contributed by atoms with E-state index in [1.165, 1.54) is 18.4 Å². The minimum Gasteiger partial charge on any atom is -0.497 e. The lowest BCUT2D eigenvalue weighted by Crippen LogP contribution is -2.41. The molecule has 2 rings (SSSR count). The van der Waals surface area contributed by atoms with Crippen molar-refractivity contribution in [2.75, 3.05) is 20.3 Å². The number of rotatable bonds is 4. The van der Waals surface area contributed by atoms with Crippen molar-refractivity contribution in [2.24, 2.45) is 0 Å². The molecule has 0 radical (unpaired) electrons. The summed E-state index contributed by atoms with van der Waals surface area (Å²) in [5.41, 5.74) is 1.22. The van der Waals surface area contributed by atoms with Crippen LogP contribution in [-0.2, 0) is 6.54 Å². The van der Waals surface area contributed by atoms with Crippen molar-refractivity contribution >= 4 is 15.9 Å². The van der Waals surface area contributed by atoms with Crippen LogP contribution in [0.25, 0.3) is 0 Å². The van der Waals surface area contributed by atoms with E-state index < -0.39 is 0 Å². The molecule has 1 fully saturated rings. The minimum absolute atomic E-state index is 0.252. The van der Waals surface area contributed by atoms with Gasteiger partial charge in [-0.15, -0.1) is 0 Å². The standard InChI is InChI=1S/C14H20BrNO2/c1-18-13-5-6-14(15)11(8-13)9-16-7-3-2-4-12(16)10-17/h5-6,8,12,17H,2-4,7,9-10H2,1H3. The normalized spacial score (nSPS) is 20.9. The Morgan fingerprint density at radius 1 is 1.44 bits per heavy atom. The zero-order chi connectivity index (χ0) is 13.0. The van der Waals surface area contributed by atoms with Gasteiger partial charge in [0.2, 0.25) is 0 Å². The predicted molar refractivity (Wildman–Crippen MR) is 75.8 cm³/mol. The largest absolute Gasteiger partial charge is 0.497 e. The molecule has 1 heterocycles. The van der Waals surface area contributed by atoms with E-state index in [1.807, 2.05) is 12.1 Å². The summed E-state index contributed by atoms with van der Waals surface area (Å²) in [7, 11) is 1.68. The summed E-state index contributed by atoms with van der Waals surface area (Å²) in [5, 5.41) is 9.43. The molecule has 0 aliphatic carbocycles. The third kappa shape index (κ3) is 3.25. The highest BCUT2D eigenvalue weighted by Crippen LogP contribution is 2.26. The summed E-state index contributed by atoms with van der Waals surface area (Å²) in [6.07, 6.45) is 3.54. The fraction of sp³-hybridized carbons (Fsp3) is 0.571. The zero-order valence-electron chi connectivity index (χ0n) is 10.7. The van der Waals surface area contributed by atoms with Crippen LogP contribution < -0.4 is 4.74 Å². The van der Waals surface area contributed by atoms with Gasteiger partial charge in [-0.2, -0.15) is 0 Å². The predicted octanol–water partition coefficient (Wildman–Crippen LogP) is 2.80. The Morgan fingerprint density at radius 3 is 3.00 bits per heavy atom. The van der Waals surface area contributed by atoms with E-state index in [0.29, 0.717) is 6.04 Å². The third-order valence-corrected chi connectivity index (χ3v) is 4.36. The molecule has 1 aliphatic heterocycles. The Balaban J connectivity index is 2.11. The molecule has 18 heavy (non-hydrogen) atoms. The number of hydrogen-bond acceptors (Lipinski definition) is 3. The molecular formula is C14H20BrNO2. The molecule has 1 unspecified atom stereocenters. The number of benzene rings is 1. The smallest absolute Gasteiger partial charge is 0.119 e. The Bertz CT molecular complexity index is 397. The first-order chi connectivity index (χ1) is 8.74. The Hall–Kier alpha value is -0.580.